The molecule has 5 nitrogen and oxygen atoms in total. The van der Waals surface area contributed by atoms with Crippen LogP contribution < -0.4 is 5.32 Å². The van der Waals surface area contributed by atoms with Gasteiger partial charge < -0.3 is 15.5 Å². The molecule has 5 heteroatoms. The molecule has 3 saturated carbocycles. The minimum Gasteiger partial charge on any atom is -0.465 e. The van der Waals surface area contributed by atoms with Gasteiger partial charge in [0.05, 0.1) is 12.1 Å². The fourth-order valence-electron chi connectivity index (χ4n) is 5.15. The number of fused-ring (bicyclic) bond motifs is 3. The third kappa shape index (κ3) is 4.87. The van der Waals surface area contributed by atoms with Gasteiger partial charge in [0.15, 0.2) is 0 Å². The van der Waals surface area contributed by atoms with Gasteiger partial charge in [-0.3, -0.25) is 4.90 Å². The number of carbonyl (C=O) groups is 1. The number of rotatable bonds is 7. The average Bonchev–Trinajstić information content (AvgIpc) is 2.66. The van der Waals surface area contributed by atoms with Gasteiger partial charge in [-0.1, -0.05) is 30.3 Å². The van der Waals surface area contributed by atoms with Crippen LogP contribution in [0, 0.1) is 5.92 Å². The lowest BCUT2D eigenvalue weighted by Crippen LogP contribution is -2.60. The predicted molar refractivity (Wildman–Crippen MR) is 111 cm³/mol. The molecule has 3 aliphatic rings. The Hall–Kier alpha value is -1.59. The lowest BCUT2D eigenvalue weighted by molar-refractivity contribution is -0.000257. The first-order valence-electron chi connectivity index (χ1n) is 10.7. The molecule has 28 heavy (non-hydrogen) atoms. The molecule has 0 unspecified atom stereocenters. The third-order valence-corrected chi connectivity index (χ3v) is 6.77. The Kier molecular flexibility index (Phi) is 6.35. The first-order valence-corrected chi connectivity index (χ1v) is 10.7. The summed E-state index contributed by atoms with van der Waals surface area (Å²) in [6, 6.07) is 9.36. The second kappa shape index (κ2) is 8.42. The largest absolute Gasteiger partial charge is 0.465 e. The lowest BCUT2D eigenvalue weighted by Gasteiger charge is -2.48. The van der Waals surface area contributed by atoms with Crippen molar-refractivity contribution in [3.8, 4) is 0 Å². The first kappa shape index (κ1) is 21.1. The van der Waals surface area contributed by atoms with Crippen molar-refractivity contribution in [2.45, 2.75) is 88.9 Å². The van der Waals surface area contributed by atoms with Gasteiger partial charge in [-0.2, -0.15) is 0 Å². The molecule has 0 radical (unpaired) electrons. The number of nitrogens with one attached hydrogen (secondary N) is 1. The van der Waals surface area contributed by atoms with E-state index >= 15 is 0 Å². The third-order valence-electron chi connectivity index (χ3n) is 6.77. The fraction of sp³-hybridized carbons (Fsp3) is 0.696. The first-order chi connectivity index (χ1) is 13.2. The quantitative estimate of drug-likeness (QED) is 0.659. The molecule has 0 heterocycles. The minimum absolute atomic E-state index is 0.142. The molecule has 0 saturated heterocycles. The van der Waals surface area contributed by atoms with Crippen LogP contribution in [-0.4, -0.2) is 51.0 Å². The van der Waals surface area contributed by atoms with E-state index in [1.54, 1.807) is 0 Å². The van der Waals surface area contributed by atoms with E-state index in [0.717, 1.165) is 11.5 Å². The zero-order valence-corrected chi connectivity index (χ0v) is 17.5. The van der Waals surface area contributed by atoms with Gasteiger partial charge in [0, 0.05) is 17.6 Å². The highest BCUT2D eigenvalue weighted by molar-refractivity contribution is 5.66. The molecule has 2 bridgehead atoms. The van der Waals surface area contributed by atoms with Gasteiger partial charge >= 0.3 is 6.09 Å². The summed E-state index contributed by atoms with van der Waals surface area (Å²) in [5.41, 5.74) is 0.592. The molecule has 1 aromatic carbocycles. The normalized spacial score (nSPS) is 26.6. The van der Waals surface area contributed by atoms with Crippen LogP contribution >= 0.6 is 0 Å². The molecule has 3 N–H and O–H groups in total. The van der Waals surface area contributed by atoms with E-state index in [1.165, 1.54) is 43.4 Å². The Morgan fingerprint density at radius 2 is 1.75 bits per heavy atom. The maximum absolute atomic E-state index is 12.1. The lowest BCUT2D eigenvalue weighted by atomic mass is 9.66. The predicted octanol–water partition coefficient (Wildman–Crippen LogP) is 4.05. The van der Waals surface area contributed by atoms with Crippen LogP contribution in [0.25, 0.3) is 0 Å². The summed E-state index contributed by atoms with van der Waals surface area (Å²) in [7, 11) is 0. The number of hydrogen-bond donors (Lipinski definition) is 3. The van der Waals surface area contributed by atoms with E-state index in [4.69, 9.17) is 0 Å². The van der Waals surface area contributed by atoms with Gasteiger partial charge in [-0.25, -0.2) is 4.79 Å². The molecule has 1 aromatic rings. The van der Waals surface area contributed by atoms with Crippen molar-refractivity contribution in [1.82, 2.24) is 10.2 Å². The highest BCUT2D eigenvalue weighted by Gasteiger charge is 2.42. The molecule has 156 valence electrons. The zero-order chi connectivity index (χ0) is 20.4. The van der Waals surface area contributed by atoms with Crippen molar-refractivity contribution >= 4 is 6.09 Å². The number of hydrogen-bond acceptors (Lipinski definition) is 3. The monoisotopic (exact) mass is 388 g/mol. The molecule has 0 spiro atoms. The van der Waals surface area contributed by atoms with E-state index < -0.39 is 23.8 Å². The van der Waals surface area contributed by atoms with E-state index in [1.807, 2.05) is 51.1 Å². The number of β-amino-alcohol motifs (C(OH)–C–C–N with tert-alkyl or cyclic N) is 1. The van der Waals surface area contributed by atoms with Crippen molar-refractivity contribution in [2.75, 3.05) is 6.54 Å². The van der Waals surface area contributed by atoms with Gasteiger partial charge in [0.1, 0.15) is 0 Å². The van der Waals surface area contributed by atoms with Crippen molar-refractivity contribution in [1.29, 1.82) is 0 Å². The van der Waals surface area contributed by atoms with Crippen molar-refractivity contribution in [3.05, 3.63) is 35.9 Å². The molecule has 2 atom stereocenters. The van der Waals surface area contributed by atoms with Gasteiger partial charge in [0.2, 0.25) is 0 Å². The highest BCUT2D eigenvalue weighted by Crippen LogP contribution is 2.44. The zero-order valence-electron chi connectivity index (χ0n) is 17.5. The van der Waals surface area contributed by atoms with Gasteiger partial charge in [-0.15, -0.1) is 0 Å². The maximum atomic E-state index is 12.1. The summed E-state index contributed by atoms with van der Waals surface area (Å²) in [5.74, 6) is 0.892. The van der Waals surface area contributed by atoms with Gasteiger partial charge in [0.25, 0.3) is 0 Å². The Morgan fingerprint density at radius 1 is 1.18 bits per heavy atom. The summed E-state index contributed by atoms with van der Waals surface area (Å²) in [5, 5.41) is 24.7. The summed E-state index contributed by atoms with van der Waals surface area (Å²) >= 11 is 0. The summed E-state index contributed by atoms with van der Waals surface area (Å²) in [4.78, 5) is 13.5. The van der Waals surface area contributed by atoms with Gasteiger partial charge in [-0.05, 0) is 77.2 Å². The summed E-state index contributed by atoms with van der Waals surface area (Å²) in [6.45, 7) is 6.10. The molecule has 1 amide bonds. The Balaban J connectivity index is 1.75. The maximum Gasteiger partial charge on any atom is 0.408 e. The highest BCUT2D eigenvalue weighted by atomic mass is 16.4. The Labute approximate surface area is 169 Å². The van der Waals surface area contributed by atoms with E-state index in [0.29, 0.717) is 13.0 Å². The molecule has 3 fully saturated rings. The minimum atomic E-state index is -0.983. The number of benzene rings is 1. The fourth-order valence-corrected chi connectivity index (χ4v) is 5.15. The number of carboxylic acid groups (broad SMARTS) is 1. The van der Waals surface area contributed by atoms with Crippen LogP contribution in [0.3, 0.4) is 0 Å². The second-order valence-electron chi connectivity index (χ2n) is 9.79. The van der Waals surface area contributed by atoms with Crippen LogP contribution in [0.2, 0.25) is 0 Å². The van der Waals surface area contributed by atoms with Crippen LogP contribution in [0.15, 0.2) is 30.3 Å². The SMILES string of the molecule is CC(C)(C)N(C(=O)O)[C@@H](Cc1ccccc1)[C@@H](O)CNC12CCC(CC1)CC2. The number of aliphatic hydroxyl groups is 1. The van der Waals surface area contributed by atoms with Crippen molar-refractivity contribution < 1.29 is 15.0 Å². The molecule has 3 aliphatic carbocycles. The molecule has 0 aromatic heterocycles. The van der Waals surface area contributed by atoms with Crippen molar-refractivity contribution in [3.63, 3.8) is 0 Å². The molecular formula is C23H36N2O3. The second-order valence-corrected chi connectivity index (χ2v) is 9.79. The molecule has 0 aliphatic heterocycles. The van der Waals surface area contributed by atoms with E-state index in [-0.39, 0.29) is 5.54 Å². The topological polar surface area (TPSA) is 72.8 Å². The van der Waals surface area contributed by atoms with E-state index in [9.17, 15) is 15.0 Å². The standard InChI is InChI=1S/C23H36N2O3/c1-22(2,3)25(21(27)28)19(15-18-7-5-4-6-8-18)20(26)16-24-23-12-9-17(10-13-23)11-14-23/h4-8,17,19-20,24,26H,9-16H2,1-3H3,(H,27,28)/t17?,19-,20-,23?/m0/s1. The van der Waals surface area contributed by atoms with E-state index in [2.05, 4.69) is 5.32 Å². The van der Waals surface area contributed by atoms with Crippen LogP contribution in [-0.2, 0) is 6.42 Å². The molecular weight excluding hydrogens is 352 g/mol. The summed E-state index contributed by atoms with van der Waals surface area (Å²) < 4.78 is 0. The average molecular weight is 389 g/mol. The van der Waals surface area contributed by atoms with Crippen LogP contribution in [0.4, 0.5) is 4.79 Å². The number of nitrogens with zero attached hydrogens (tertiary/aromatic N) is 1. The number of amides is 1. The smallest absolute Gasteiger partial charge is 0.408 e. The number of aliphatic hydroxyl groups excluding tert-OH is 1. The van der Waals surface area contributed by atoms with Crippen molar-refractivity contribution in [2.24, 2.45) is 5.92 Å². The Morgan fingerprint density at radius 3 is 2.25 bits per heavy atom. The van der Waals surface area contributed by atoms with Crippen LogP contribution in [0.5, 0.6) is 0 Å². The Bertz CT molecular complexity index is 634. The molecule has 4 rings (SSSR count). The summed E-state index contributed by atoms with van der Waals surface area (Å²) in [6.07, 6.45) is 6.12. The van der Waals surface area contributed by atoms with Crippen LogP contribution in [0.1, 0.15) is 64.9 Å².